The summed E-state index contributed by atoms with van der Waals surface area (Å²) in [5.74, 6) is -0.0339. The molecule has 0 aliphatic rings. The summed E-state index contributed by atoms with van der Waals surface area (Å²) in [5.41, 5.74) is 0.398. The van der Waals surface area contributed by atoms with Gasteiger partial charge in [0.1, 0.15) is 17.7 Å². The Balaban J connectivity index is 2.15. The summed E-state index contributed by atoms with van der Waals surface area (Å²) in [6, 6.07) is 7.69. The van der Waals surface area contributed by atoms with Gasteiger partial charge in [-0.25, -0.2) is 4.39 Å². The second-order valence-corrected chi connectivity index (χ2v) is 4.82. The highest BCUT2D eigenvalue weighted by Crippen LogP contribution is 2.25. The molecule has 0 aliphatic heterocycles. The normalized spacial score (nSPS) is 12.7. The summed E-state index contributed by atoms with van der Waals surface area (Å²) in [5, 5.41) is 10.2. The van der Waals surface area contributed by atoms with Gasteiger partial charge in [0.25, 0.3) is 0 Å². The Morgan fingerprint density at radius 3 is 2.71 bits per heavy atom. The van der Waals surface area contributed by atoms with Crippen LogP contribution in [0.3, 0.4) is 0 Å². The molecule has 2 nitrogen and oxygen atoms in total. The van der Waals surface area contributed by atoms with Crippen LogP contribution >= 0.6 is 27.5 Å². The van der Waals surface area contributed by atoms with Gasteiger partial charge in [-0.3, -0.25) is 0 Å². The molecule has 0 aliphatic carbocycles. The molecule has 5 heteroatoms. The molecule has 0 amide bonds. The minimum atomic E-state index is -0.878. The van der Waals surface area contributed by atoms with E-state index in [9.17, 15) is 9.50 Å². The Kier molecular flexibility index (Phi) is 3.86. The summed E-state index contributed by atoms with van der Waals surface area (Å²) in [6.45, 7) is 0. The monoisotopic (exact) mass is 318 g/mol. The van der Waals surface area contributed by atoms with Gasteiger partial charge >= 0.3 is 0 Å². The maximum Gasteiger partial charge on any atom is 0.169 e. The maximum atomic E-state index is 13.5. The van der Waals surface area contributed by atoms with E-state index >= 15 is 0 Å². The molecule has 1 aromatic heterocycles. The van der Waals surface area contributed by atoms with E-state index in [2.05, 4.69) is 15.9 Å². The molecular weight excluding hydrogens is 310 g/mol. The number of rotatable bonds is 3. The van der Waals surface area contributed by atoms with Crippen molar-refractivity contribution >= 4 is 27.5 Å². The minimum Gasteiger partial charge on any atom is -0.452 e. The predicted molar refractivity (Wildman–Crippen MR) is 66.5 cm³/mol. The average Bonchev–Trinajstić information content (AvgIpc) is 2.69. The zero-order valence-electron chi connectivity index (χ0n) is 8.66. The first-order valence-corrected chi connectivity index (χ1v) is 6.10. The Bertz CT molecular complexity index is 527. The van der Waals surface area contributed by atoms with Crippen LogP contribution in [-0.4, -0.2) is 5.11 Å². The number of hydrogen-bond acceptors (Lipinski definition) is 2. The van der Waals surface area contributed by atoms with Crippen molar-refractivity contribution in [3.63, 3.8) is 0 Å². The first kappa shape index (κ1) is 12.6. The van der Waals surface area contributed by atoms with Gasteiger partial charge in [-0.15, -0.1) is 0 Å². The molecule has 0 bridgehead atoms. The highest BCUT2D eigenvalue weighted by Gasteiger charge is 2.15. The quantitative estimate of drug-likeness (QED) is 0.923. The molecule has 1 N–H and O–H groups in total. The maximum absolute atomic E-state index is 13.5. The van der Waals surface area contributed by atoms with Crippen LogP contribution in [0.2, 0.25) is 5.02 Å². The van der Waals surface area contributed by atoms with Crippen molar-refractivity contribution in [2.24, 2.45) is 0 Å². The first-order valence-electron chi connectivity index (χ1n) is 4.93. The molecule has 1 unspecified atom stereocenters. The van der Waals surface area contributed by atoms with Crippen LogP contribution in [0.25, 0.3) is 0 Å². The predicted octanol–water partition coefficient (Wildman–Crippen LogP) is 4.11. The lowest BCUT2D eigenvalue weighted by Crippen LogP contribution is -2.02. The second kappa shape index (κ2) is 5.21. The van der Waals surface area contributed by atoms with Gasteiger partial charge in [-0.2, -0.15) is 0 Å². The van der Waals surface area contributed by atoms with Crippen LogP contribution in [0.1, 0.15) is 17.4 Å². The summed E-state index contributed by atoms with van der Waals surface area (Å²) >= 11 is 8.79. The van der Waals surface area contributed by atoms with Gasteiger partial charge in [-0.1, -0.05) is 17.7 Å². The fourth-order valence-electron chi connectivity index (χ4n) is 1.50. The standard InChI is InChI=1S/C12H9BrClFO2/c13-12-4-3-11(17-12)10(16)5-7-1-2-8(14)6-9(7)15/h1-4,6,10,16H,5H2. The summed E-state index contributed by atoms with van der Waals surface area (Å²) in [6.07, 6.45) is -0.736. The molecule has 0 radical (unpaired) electrons. The lowest BCUT2D eigenvalue weighted by atomic mass is 10.1. The molecular formula is C12H9BrClFO2. The smallest absolute Gasteiger partial charge is 0.169 e. The van der Waals surface area contributed by atoms with E-state index in [-0.39, 0.29) is 6.42 Å². The number of halogens is 3. The number of hydrogen-bond donors (Lipinski definition) is 1. The van der Waals surface area contributed by atoms with Crippen molar-refractivity contribution < 1.29 is 13.9 Å². The summed E-state index contributed by atoms with van der Waals surface area (Å²) < 4.78 is 19.2. The van der Waals surface area contributed by atoms with Crippen LogP contribution in [0.5, 0.6) is 0 Å². The van der Waals surface area contributed by atoms with Crippen LogP contribution in [0.15, 0.2) is 39.4 Å². The molecule has 1 atom stereocenters. The van der Waals surface area contributed by atoms with Gasteiger partial charge in [0.15, 0.2) is 4.67 Å². The van der Waals surface area contributed by atoms with E-state index in [0.29, 0.717) is 21.0 Å². The lowest BCUT2D eigenvalue weighted by molar-refractivity contribution is 0.147. The third-order valence-electron chi connectivity index (χ3n) is 2.35. The summed E-state index contributed by atoms with van der Waals surface area (Å²) in [4.78, 5) is 0. The fourth-order valence-corrected chi connectivity index (χ4v) is 1.98. The molecule has 0 fully saturated rings. The molecule has 90 valence electrons. The van der Waals surface area contributed by atoms with Crippen molar-refractivity contribution in [2.45, 2.75) is 12.5 Å². The van der Waals surface area contributed by atoms with Crippen molar-refractivity contribution in [2.75, 3.05) is 0 Å². The van der Waals surface area contributed by atoms with E-state index in [1.807, 2.05) is 0 Å². The largest absolute Gasteiger partial charge is 0.452 e. The number of benzene rings is 1. The Morgan fingerprint density at radius 2 is 2.12 bits per heavy atom. The fraction of sp³-hybridized carbons (Fsp3) is 0.167. The van der Waals surface area contributed by atoms with Crippen molar-refractivity contribution in [1.82, 2.24) is 0 Å². The zero-order valence-corrected chi connectivity index (χ0v) is 11.0. The van der Waals surface area contributed by atoms with E-state index in [4.69, 9.17) is 16.0 Å². The van der Waals surface area contributed by atoms with Crippen LogP contribution in [-0.2, 0) is 6.42 Å². The van der Waals surface area contributed by atoms with E-state index < -0.39 is 11.9 Å². The molecule has 2 aromatic rings. The third kappa shape index (κ3) is 3.09. The second-order valence-electron chi connectivity index (χ2n) is 3.60. The zero-order chi connectivity index (χ0) is 12.4. The Morgan fingerprint density at radius 1 is 1.35 bits per heavy atom. The van der Waals surface area contributed by atoms with Gasteiger partial charge in [0.05, 0.1) is 0 Å². The topological polar surface area (TPSA) is 33.4 Å². The highest BCUT2D eigenvalue weighted by atomic mass is 79.9. The Labute approximate surface area is 111 Å². The van der Waals surface area contributed by atoms with Crippen molar-refractivity contribution in [1.29, 1.82) is 0 Å². The Hall–Kier alpha value is -0.840. The van der Waals surface area contributed by atoms with E-state index in [1.165, 1.54) is 6.07 Å². The molecule has 1 aromatic carbocycles. The highest BCUT2D eigenvalue weighted by molar-refractivity contribution is 9.10. The van der Waals surface area contributed by atoms with E-state index in [0.717, 1.165) is 0 Å². The third-order valence-corrected chi connectivity index (χ3v) is 3.01. The van der Waals surface area contributed by atoms with Gasteiger partial charge in [-0.05, 0) is 45.8 Å². The van der Waals surface area contributed by atoms with Crippen LogP contribution in [0.4, 0.5) is 4.39 Å². The van der Waals surface area contributed by atoms with Crippen LogP contribution in [0, 0.1) is 5.82 Å². The molecule has 0 saturated carbocycles. The molecule has 0 spiro atoms. The molecule has 17 heavy (non-hydrogen) atoms. The van der Waals surface area contributed by atoms with Crippen molar-refractivity contribution in [3.05, 3.63) is 57.2 Å². The van der Waals surface area contributed by atoms with Gasteiger partial charge in [0, 0.05) is 11.4 Å². The van der Waals surface area contributed by atoms with Gasteiger partial charge in [0.2, 0.25) is 0 Å². The van der Waals surface area contributed by atoms with E-state index in [1.54, 1.807) is 24.3 Å². The van der Waals surface area contributed by atoms with Crippen molar-refractivity contribution in [3.8, 4) is 0 Å². The SMILES string of the molecule is OC(Cc1ccc(Cl)cc1F)c1ccc(Br)o1. The lowest BCUT2D eigenvalue weighted by Gasteiger charge is -2.08. The summed E-state index contributed by atoms with van der Waals surface area (Å²) in [7, 11) is 0. The first-order chi connectivity index (χ1) is 8.06. The molecule has 0 saturated heterocycles. The number of aliphatic hydroxyl groups is 1. The minimum absolute atomic E-state index is 0.142. The molecule has 1 heterocycles. The average molecular weight is 320 g/mol. The van der Waals surface area contributed by atoms with Crippen LogP contribution < -0.4 is 0 Å². The number of furan rings is 1. The van der Waals surface area contributed by atoms with Gasteiger partial charge < -0.3 is 9.52 Å². The number of aliphatic hydroxyl groups excluding tert-OH is 1. The molecule has 2 rings (SSSR count).